The molecule has 0 saturated heterocycles. The molecule has 14 rings (SSSR count). The summed E-state index contributed by atoms with van der Waals surface area (Å²) in [6, 6.07) is 62.7. The van der Waals surface area contributed by atoms with E-state index in [2.05, 4.69) is 114 Å². The van der Waals surface area contributed by atoms with Crippen molar-refractivity contribution in [2.24, 2.45) is 0 Å². The van der Waals surface area contributed by atoms with Gasteiger partial charge in [0.2, 0.25) is 0 Å². The second-order valence-corrected chi connectivity index (χ2v) is 19.4. The van der Waals surface area contributed by atoms with Crippen molar-refractivity contribution in [3.8, 4) is 28.2 Å². The Balaban J connectivity index is 0.00000516. The molecule has 4 aromatic heterocycles. The Morgan fingerprint density at radius 1 is 0.644 bits per heavy atom. The van der Waals surface area contributed by atoms with E-state index in [9.17, 15) is 0 Å². The van der Waals surface area contributed by atoms with Gasteiger partial charge in [0.25, 0.3) is 5.92 Å². The van der Waals surface area contributed by atoms with Crippen LogP contribution >= 0.6 is 0 Å². The van der Waals surface area contributed by atoms with Crippen LogP contribution in [0.5, 0.6) is 0 Å². The first-order valence-electron chi connectivity index (χ1n) is 24.4. The van der Waals surface area contributed by atoms with E-state index in [4.69, 9.17) is 19.4 Å². The Kier molecular flexibility index (Phi) is 10.4. The van der Waals surface area contributed by atoms with Gasteiger partial charge in [0.1, 0.15) is 22.7 Å². The number of alkyl halides is 2. The van der Waals surface area contributed by atoms with Gasteiger partial charge in [-0.25, -0.2) is 9.97 Å². The molecule has 354 valence electrons. The molecule has 73 heavy (non-hydrogen) atoms. The molecular weight excluding hydrogens is 1090 g/mol. The van der Waals surface area contributed by atoms with Gasteiger partial charge < -0.3 is 14.3 Å². The number of hydrogen-bond donors (Lipinski definition) is 0. The van der Waals surface area contributed by atoms with Crippen LogP contribution in [0.15, 0.2) is 216 Å². The van der Waals surface area contributed by atoms with Crippen molar-refractivity contribution in [3.63, 3.8) is 0 Å². The van der Waals surface area contributed by atoms with Crippen molar-refractivity contribution >= 4 is 71.9 Å². The minimum absolute atomic E-state index is 0. The fraction of sp³-hybridized carbons (Fsp3) is 0.0938. The number of nitrogens with zero attached hydrogens (tertiary/aromatic N) is 5. The third-order valence-electron chi connectivity index (χ3n) is 15.0. The number of aromatic nitrogens is 4. The summed E-state index contributed by atoms with van der Waals surface area (Å²) in [4.78, 5) is 18.3. The first-order chi connectivity index (χ1) is 35.2. The molecule has 0 amide bonds. The second kappa shape index (κ2) is 17.0. The van der Waals surface area contributed by atoms with Crippen LogP contribution in [0.25, 0.3) is 88.6 Å². The average Bonchev–Trinajstić information content (AvgIpc) is 4.13. The summed E-state index contributed by atoms with van der Waals surface area (Å²) in [6.45, 7) is 4.65. The molecule has 0 saturated carbocycles. The normalized spacial score (nSPS) is 14.5. The summed E-state index contributed by atoms with van der Waals surface area (Å²) < 4.78 is 41.4. The molecule has 0 spiro atoms. The number of hydrogen-bond acceptors (Lipinski definition) is 4. The number of rotatable bonds is 7. The van der Waals surface area contributed by atoms with E-state index in [1.807, 2.05) is 66.9 Å². The molecule has 0 radical (unpaired) electrons. The van der Waals surface area contributed by atoms with Gasteiger partial charge in [-0.15, -0.1) is 16.6 Å². The number of para-hydroxylation sites is 4. The maximum atomic E-state index is 16.1. The van der Waals surface area contributed by atoms with Crippen molar-refractivity contribution in [1.29, 1.82) is 0 Å². The van der Waals surface area contributed by atoms with Crippen molar-refractivity contribution in [2.75, 3.05) is 4.90 Å². The molecule has 12 aromatic rings. The Labute approximate surface area is 434 Å². The molecule has 0 N–H and O–H groups in total. The monoisotopic (exact) mass is 1130 g/mol. The van der Waals surface area contributed by atoms with E-state index in [1.54, 1.807) is 30.3 Å². The van der Waals surface area contributed by atoms with Crippen molar-refractivity contribution < 1.29 is 34.3 Å². The SMILES string of the molecule is CC1(C)C2=C([C-]=C(c3cc4c5ccccc5oc4c4c3nc(-c3cccc5c3[n-]c3ccc(C(F)(F)c6ccccc6)cc35)n4-c3ccccc3)CC2)N(c2cc(-c3ccccc3)ccn2)c2ccccc21.[Pt+2]. The molecule has 6 nitrogen and oxygen atoms in total. The predicted molar refractivity (Wildman–Crippen MR) is 286 cm³/mol. The molecule has 8 aromatic carbocycles. The number of benzene rings is 8. The van der Waals surface area contributed by atoms with Crippen LogP contribution in [0.2, 0.25) is 0 Å². The first kappa shape index (κ1) is 44.7. The van der Waals surface area contributed by atoms with E-state index in [1.165, 1.54) is 29.3 Å². The number of pyridine rings is 1. The second-order valence-electron chi connectivity index (χ2n) is 19.4. The summed E-state index contributed by atoms with van der Waals surface area (Å²) in [6.07, 6.45) is 7.50. The average molecular weight is 1130 g/mol. The molecule has 2 aliphatic rings. The Morgan fingerprint density at radius 3 is 2.19 bits per heavy atom. The zero-order valence-corrected chi connectivity index (χ0v) is 42.0. The summed E-state index contributed by atoms with van der Waals surface area (Å²) in [5.41, 5.74) is 14.4. The van der Waals surface area contributed by atoms with Crippen LogP contribution in [0.3, 0.4) is 0 Å². The third kappa shape index (κ3) is 6.91. The molecule has 5 heterocycles. The fourth-order valence-electron chi connectivity index (χ4n) is 11.4. The van der Waals surface area contributed by atoms with Crippen molar-refractivity contribution in [2.45, 2.75) is 38.0 Å². The van der Waals surface area contributed by atoms with E-state index >= 15 is 8.78 Å². The van der Waals surface area contributed by atoms with Crippen LogP contribution in [-0.4, -0.2) is 14.5 Å². The van der Waals surface area contributed by atoms with Crippen LogP contribution in [-0.2, 0) is 32.4 Å². The van der Waals surface area contributed by atoms with Gasteiger partial charge in [0, 0.05) is 50.6 Å². The molecule has 0 fully saturated rings. The van der Waals surface area contributed by atoms with Gasteiger partial charge in [-0.1, -0.05) is 190 Å². The maximum absolute atomic E-state index is 16.1. The smallest absolute Gasteiger partial charge is 0.656 e. The quantitative estimate of drug-likeness (QED) is 0.149. The van der Waals surface area contributed by atoms with E-state index in [-0.39, 0.29) is 37.6 Å². The predicted octanol–water partition coefficient (Wildman–Crippen LogP) is 16.4. The zero-order valence-electron chi connectivity index (χ0n) is 39.7. The van der Waals surface area contributed by atoms with E-state index < -0.39 is 5.92 Å². The number of imidazole rings is 1. The maximum Gasteiger partial charge on any atom is 2.00 e. The van der Waals surface area contributed by atoms with Gasteiger partial charge in [0.05, 0.1) is 0 Å². The van der Waals surface area contributed by atoms with Crippen LogP contribution in [0.4, 0.5) is 20.3 Å². The first-order valence-corrected chi connectivity index (χ1v) is 24.4. The molecule has 9 heteroatoms. The van der Waals surface area contributed by atoms with Gasteiger partial charge in [-0.05, 0) is 75.3 Å². The molecule has 1 aliphatic heterocycles. The number of fused-ring (bicyclic) bond motifs is 9. The number of furan rings is 1. The Bertz CT molecular complexity index is 4230. The van der Waals surface area contributed by atoms with E-state index in [0.29, 0.717) is 27.8 Å². The Morgan fingerprint density at radius 2 is 1.37 bits per heavy atom. The van der Waals surface area contributed by atoms with Crippen LogP contribution in [0.1, 0.15) is 48.9 Å². The number of halogens is 2. The molecule has 1 aliphatic carbocycles. The molecular formula is C64H43F2N5OPt. The fourth-order valence-corrected chi connectivity index (χ4v) is 11.4. The molecule has 0 unspecified atom stereocenters. The largest absolute Gasteiger partial charge is 2.00 e. The van der Waals surface area contributed by atoms with E-state index in [0.717, 1.165) is 96.3 Å². The molecule has 0 atom stereocenters. The summed E-state index contributed by atoms with van der Waals surface area (Å²) >= 11 is 0. The summed E-state index contributed by atoms with van der Waals surface area (Å²) in [5.74, 6) is -1.73. The summed E-state index contributed by atoms with van der Waals surface area (Å²) in [5, 5.41) is 3.39. The number of allylic oxidation sites excluding steroid dienone is 3. The topological polar surface area (TPSA) is 61.2 Å². The van der Waals surface area contributed by atoms with Crippen molar-refractivity contribution in [3.05, 3.63) is 240 Å². The van der Waals surface area contributed by atoms with Gasteiger partial charge in [-0.2, -0.15) is 20.4 Å². The minimum atomic E-state index is -3.20. The van der Waals surface area contributed by atoms with Crippen molar-refractivity contribution in [1.82, 2.24) is 19.5 Å². The molecule has 0 bridgehead atoms. The van der Waals surface area contributed by atoms with Gasteiger partial charge in [0.15, 0.2) is 5.58 Å². The third-order valence-corrected chi connectivity index (χ3v) is 15.0. The summed E-state index contributed by atoms with van der Waals surface area (Å²) in [7, 11) is 0. The van der Waals surface area contributed by atoms with Gasteiger partial charge in [-0.3, -0.25) is 4.57 Å². The van der Waals surface area contributed by atoms with Gasteiger partial charge >= 0.3 is 21.1 Å². The zero-order chi connectivity index (χ0) is 48.3. The van der Waals surface area contributed by atoms with Crippen LogP contribution < -0.4 is 9.88 Å². The number of anilines is 2. The van der Waals surface area contributed by atoms with Crippen LogP contribution in [0, 0.1) is 6.08 Å². The standard InChI is InChI=1S/C64H43F2N5O.Pt/c1-63(2)51-26-13-14-27-54(51)71(57-36-40(33-34-67-57)39-17-6-3-7-18-39)55-35-41(29-31-52(55)63)48-38-50-45-23-12-15-28-56(45)72-61(50)60-59(48)69-62(70(60)44-21-10-5-11-22-44)47-25-16-24-46-49-37-43(30-32-53(49)68-58(46)47)64(65,66)42-19-8-4-9-20-42;/h3-28,30,32-34,36-38H,29,31H2,1-2H3;/q-2;+2. The minimum Gasteiger partial charge on any atom is -0.656 e. The Hall–Kier alpha value is -8.19.